The molecule has 4 aliphatic rings. The third-order valence-corrected chi connectivity index (χ3v) is 9.29. The molecule has 4 aliphatic carbocycles. The van der Waals surface area contributed by atoms with Gasteiger partial charge in [-0.1, -0.05) is 48.0 Å². The Morgan fingerprint density at radius 1 is 0.864 bits per heavy atom. The molecule has 0 spiro atoms. The second kappa shape index (κ2) is 5.25. The standard InChI is InChI=1S/C22H38/c1-7-17-13(4)20(17)12(3)9-18-11(2)8-16(18)10-19-14(5)21-15(6)22(19)21/h11-22H,7-10H2,1-6H3. The van der Waals surface area contributed by atoms with Gasteiger partial charge in [0.2, 0.25) is 0 Å². The van der Waals surface area contributed by atoms with E-state index >= 15 is 0 Å². The summed E-state index contributed by atoms with van der Waals surface area (Å²) in [5, 5.41) is 0. The Morgan fingerprint density at radius 3 is 2.09 bits per heavy atom. The summed E-state index contributed by atoms with van der Waals surface area (Å²) in [5.74, 6) is 12.8. The largest absolute Gasteiger partial charge is 0.0651 e. The second-order valence-electron chi connectivity index (χ2n) is 10.1. The molecular weight excluding hydrogens is 264 g/mol. The van der Waals surface area contributed by atoms with Crippen LogP contribution in [0.3, 0.4) is 0 Å². The van der Waals surface area contributed by atoms with Crippen LogP contribution in [0.1, 0.15) is 67.2 Å². The summed E-state index contributed by atoms with van der Waals surface area (Å²) in [5.41, 5.74) is 0. The minimum absolute atomic E-state index is 0.988. The van der Waals surface area contributed by atoms with E-state index < -0.39 is 0 Å². The van der Waals surface area contributed by atoms with Crippen LogP contribution in [0.4, 0.5) is 0 Å². The number of hydrogen-bond donors (Lipinski definition) is 0. The van der Waals surface area contributed by atoms with Crippen molar-refractivity contribution in [1.29, 1.82) is 0 Å². The van der Waals surface area contributed by atoms with Gasteiger partial charge >= 0.3 is 0 Å². The van der Waals surface area contributed by atoms with Gasteiger partial charge in [-0.2, -0.15) is 0 Å². The molecule has 0 aromatic rings. The third kappa shape index (κ3) is 2.15. The highest BCUT2D eigenvalue weighted by Crippen LogP contribution is 2.70. The smallest absolute Gasteiger partial charge is 0.0321 e. The van der Waals surface area contributed by atoms with Crippen molar-refractivity contribution in [2.45, 2.75) is 67.2 Å². The van der Waals surface area contributed by atoms with Gasteiger partial charge in [0.05, 0.1) is 0 Å². The molecule has 0 heterocycles. The Kier molecular flexibility index (Phi) is 3.70. The van der Waals surface area contributed by atoms with Crippen LogP contribution in [-0.2, 0) is 0 Å². The van der Waals surface area contributed by atoms with Crippen molar-refractivity contribution in [2.24, 2.45) is 71.0 Å². The van der Waals surface area contributed by atoms with Crippen molar-refractivity contribution < 1.29 is 0 Å². The van der Waals surface area contributed by atoms with Crippen LogP contribution >= 0.6 is 0 Å². The predicted molar refractivity (Wildman–Crippen MR) is 94.4 cm³/mol. The Labute approximate surface area is 138 Å². The summed E-state index contributed by atoms with van der Waals surface area (Å²) in [6.45, 7) is 15.1. The lowest BCUT2D eigenvalue weighted by molar-refractivity contribution is 0.0106. The molecular formula is C22H38. The molecule has 0 amide bonds. The topological polar surface area (TPSA) is 0 Å². The lowest BCUT2D eigenvalue weighted by atomic mass is 9.57. The predicted octanol–water partition coefficient (Wildman–Crippen LogP) is 6.12. The quantitative estimate of drug-likeness (QED) is 0.555. The maximum Gasteiger partial charge on any atom is -0.0321 e. The van der Waals surface area contributed by atoms with Crippen molar-refractivity contribution >= 4 is 0 Å². The van der Waals surface area contributed by atoms with E-state index in [-0.39, 0.29) is 0 Å². The van der Waals surface area contributed by atoms with Crippen LogP contribution in [0.25, 0.3) is 0 Å². The highest BCUT2D eigenvalue weighted by molar-refractivity contribution is 5.13. The zero-order chi connectivity index (χ0) is 15.8. The zero-order valence-corrected chi connectivity index (χ0v) is 15.8. The fourth-order valence-corrected chi connectivity index (χ4v) is 7.78. The highest BCUT2D eigenvalue weighted by atomic mass is 14.7. The SMILES string of the molecule is CCC1C(C)C1C(C)CC1C(C)CC1CC1C(C)C2C(C)C12. The normalized spacial score (nSPS) is 60.0. The first kappa shape index (κ1) is 15.5. The summed E-state index contributed by atoms with van der Waals surface area (Å²) in [4.78, 5) is 0. The molecule has 0 N–H and O–H groups in total. The van der Waals surface area contributed by atoms with Gasteiger partial charge in [0.1, 0.15) is 0 Å². The molecule has 0 radical (unpaired) electrons. The Bertz CT molecular complexity index is 420. The first-order valence-corrected chi connectivity index (χ1v) is 10.5. The Morgan fingerprint density at radius 2 is 1.59 bits per heavy atom. The average molecular weight is 303 g/mol. The lowest BCUT2D eigenvalue weighted by Gasteiger charge is -2.48. The van der Waals surface area contributed by atoms with Gasteiger partial charge in [-0.3, -0.25) is 0 Å². The highest BCUT2D eigenvalue weighted by Gasteiger charge is 2.65. The van der Waals surface area contributed by atoms with Crippen LogP contribution in [0, 0.1) is 71.0 Å². The minimum Gasteiger partial charge on any atom is -0.0651 e. The van der Waals surface area contributed by atoms with Crippen LogP contribution in [0.15, 0.2) is 0 Å². The lowest BCUT2D eigenvalue weighted by Crippen LogP contribution is -2.40. The molecule has 22 heavy (non-hydrogen) atoms. The summed E-state index contributed by atoms with van der Waals surface area (Å²) < 4.78 is 0. The van der Waals surface area contributed by atoms with Crippen LogP contribution < -0.4 is 0 Å². The van der Waals surface area contributed by atoms with E-state index in [4.69, 9.17) is 0 Å². The Balaban J connectivity index is 1.30. The fraction of sp³-hybridized carbons (Fsp3) is 1.00. The van der Waals surface area contributed by atoms with Gasteiger partial charge in [0, 0.05) is 0 Å². The van der Waals surface area contributed by atoms with E-state index in [1.54, 1.807) is 19.3 Å². The summed E-state index contributed by atoms with van der Waals surface area (Å²) >= 11 is 0. The number of rotatable bonds is 6. The number of hydrogen-bond acceptors (Lipinski definition) is 0. The molecule has 0 saturated heterocycles. The van der Waals surface area contributed by atoms with Crippen molar-refractivity contribution in [3.8, 4) is 0 Å². The molecule has 4 fully saturated rings. The van der Waals surface area contributed by atoms with E-state index in [0.29, 0.717) is 0 Å². The molecule has 0 aromatic carbocycles. The van der Waals surface area contributed by atoms with E-state index in [9.17, 15) is 0 Å². The van der Waals surface area contributed by atoms with E-state index in [1.165, 1.54) is 6.42 Å². The number of fused-ring (bicyclic) bond motifs is 1. The zero-order valence-electron chi connectivity index (χ0n) is 15.8. The maximum absolute atomic E-state index is 2.57. The first-order valence-electron chi connectivity index (χ1n) is 10.5. The maximum atomic E-state index is 2.57. The van der Waals surface area contributed by atoms with Gasteiger partial charge in [-0.15, -0.1) is 0 Å². The molecule has 0 aliphatic heterocycles. The molecule has 12 atom stereocenters. The van der Waals surface area contributed by atoms with E-state index in [2.05, 4.69) is 41.5 Å². The van der Waals surface area contributed by atoms with Crippen molar-refractivity contribution in [3.63, 3.8) is 0 Å². The summed E-state index contributed by atoms with van der Waals surface area (Å²) in [6, 6.07) is 0. The van der Waals surface area contributed by atoms with Crippen molar-refractivity contribution in [2.75, 3.05) is 0 Å². The fourth-order valence-electron chi connectivity index (χ4n) is 7.78. The average Bonchev–Trinajstić information content (AvgIpc) is 3.32. The van der Waals surface area contributed by atoms with Crippen LogP contribution in [0.5, 0.6) is 0 Å². The summed E-state index contributed by atoms with van der Waals surface area (Å²) in [6.07, 6.45) is 6.10. The molecule has 126 valence electrons. The van der Waals surface area contributed by atoms with Gasteiger partial charge in [-0.05, 0) is 90.3 Å². The van der Waals surface area contributed by atoms with Gasteiger partial charge in [0.15, 0.2) is 0 Å². The van der Waals surface area contributed by atoms with E-state index in [1.807, 2.05) is 0 Å². The summed E-state index contributed by atoms with van der Waals surface area (Å²) in [7, 11) is 0. The molecule has 0 bridgehead atoms. The molecule has 4 saturated carbocycles. The Hall–Kier alpha value is 0. The monoisotopic (exact) mass is 302 g/mol. The van der Waals surface area contributed by atoms with Gasteiger partial charge in [-0.25, -0.2) is 0 Å². The van der Waals surface area contributed by atoms with Crippen LogP contribution in [0.2, 0.25) is 0 Å². The van der Waals surface area contributed by atoms with E-state index in [0.717, 1.165) is 71.0 Å². The van der Waals surface area contributed by atoms with Crippen LogP contribution in [-0.4, -0.2) is 0 Å². The van der Waals surface area contributed by atoms with Crippen molar-refractivity contribution in [3.05, 3.63) is 0 Å². The molecule has 0 heteroatoms. The molecule has 4 rings (SSSR count). The minimum atomic E-state index is 0.988. The van der Waals surface area contributed by atoms with Crippen molar-refractivity contribution in [1.82, 2.24) is 0 Å². The molecule has 0 nitrogen and oxygen atoms in total. The first-order chi connectivity index (χ1) is 10.5. The molecule has 0 aromatic heterocycles. The third-order valence-electron chi connectivity index (χ3n) is 9.29. The van der Waals surface area contributed by atoms with Gasteiger partial charge in [0.25, 0.3) is 0 Å². The molecule has 12 unspecified atom stereocenters. The van der Waals surface area contributed by atoms with Gasteiger partial charge < -0.3 is 0 Å². The second-order valence-corrected chi connectivity index (χ2v) is 10.1.